The van der Waals surface area contributed by atoms with E-state index < -0.39 is 11.7 Å². The van der Waals surface area contributed by atoms with Gasteiger partial charge in [-0.2, -0.15) is 13.2 Å². The zero-order valence-corrected chi connectivity index (χ0v) is 11.3. The largest absolute Gasteiger partial charge is 0.416 e. The number of nitrogens with zero attached hydrogens (tertiary/aromatic N) is 1. The lowest BCUT2D eigenvalue weighted by atomic mass is 10.1. The van der Waals surface area contributed by atoms with Gasteiger partial charge in [-0.15, -0.1) is 0 Å². The van der Waals surface area contributed by atoms with Gasteiger partial charge in [-0.25, -0.2) is 0 Å². The van der Waals surface area contributed by atoms with Crippen molar-refractivity contribution in [3.8, 4) is 0 Å². The van der Waals surface area contributed by atoms with Crippen molar-refractivity contribution in [1.29, 1.82) is 0 Å². The van der Waals surface area contributed by atoms with Gasteiger partial charge in [0.15, 0.2) is 0 Å². The number of hydrogen-bond acceptors (Lipinski definition) is 3. The van der Waals surface area contributed by atoms with Crippen molar-refractivity contribution < 1.29 is 17.9 Å². The normalized spacial score (nSPS) is 11.9. The van der Waals surface area contributed by atoms with Crippen molar-refractivity contribution in [2.45, 2.75) is 26.1 Å². The number of rotatable bonds is 5. The summed E-state index contributed by atoms with van der Waals surface area (Å²) in [5, 5.41) is 0. The molecule has 6 heteroatoms. The molecule has 0 bridgehead atoms. The number of hydrogen-bond donors (Lipinski definition) is 1. The molecule has 1 aromatic rings. The summed E-state index contributed by atoms with van der Waals surface area (Å²) in [6, 6.07) is 3.37. The highest BCUT2D eigenvalue weighted by Gasteiger charge is 2.30. The minimum Gasteiger partial charge on any atom is -0.397 e. The molecule has 0 saturated heterocycles. The molecule has 108 valence electrons. The molecule has 0 atom stereocenters. The zero-order valence-electron chi connectivity index (χ0n) is 11.3. The molecule has 1 rings (SSSR count). The van der Waals surface area contributed by atoms with Gasteiger partial charge >= 0.3 is 6.18 Å². The Hall–Kier alpha value is -1.43. The van der Waals surface area contributed by atoms with Crippen molar-refractivity contribution in [2.75, 3.05) is 30.8 Å². The first-order valence-electron chi connectivity index (χ1n) is 6.01. The lowest BCUT2D eigenvalue weighted by Crippen LogP contribution is -2.25. The summed E-state index contributed by atoms with van der Waals surface area (Å²) in [5.41, 5.74) is 5.62. The van der Waals surface area contributed by atoms with Gasteiger partial charge in [-0.05, 0) is 32.0 Å². The van der Waals surface area contributed by atoms with Crippen LogP contribution in [0.15, 0.2) is 18.2 Å². The number of halogens is 3. The van der Waals surface area contributed by atoms with Crippen LogP contribution < -0.4 is 10.6 Å². The fraction of sp³-hybridized carbons (Fsp3) is 0.538. The van der Waals surface area contributed by atoms with E-state index in [0.29, 0.717) is 18.8 Å². The minimum atomic E-state index is -4.37. The Kier molecular flexibility index (Phi) is 5.05. The Morgan fingerprint density at radius 2 is 1.95 bits per heavy atom. The van der Waals surface area contributed by atoms with Crippen molar-refractivity contribution in [2.24, 2.45) is 0 Å². The maximum atomic E-state index is 12.5. The molecular weight excluding hydrogens is 257 g/mol. The van der Waals surface area contributed by atoms with Crippen LogP contribution in [0.3, 0.4) is 0 Å². The molecular formula is C13H19F3N2O. The molecule has 0 unspecified atom stereocenters. The summed E-state index contributed by atoms with van der Waals surface area (Å²) in [7, 11) is 1.77. The third-order valence-corrected chi connectivity index (χ3v) is 2.64. The van der Waals surface area contributed by atoms with Crippen LogP contribution >= 0.6 is 0 Å². The Labute approximate surface area is 111 Å². The molecule has 0 heterocycles. The smallest absolute Gasteiger partial charge is 0.397 e. The predicted molar refractivity (Wildman–Crippen MR) is 70.2 cm³/mol. The standard InChI is InChI=1S/C13H19F3N2O/c1-9(2)19-7-6-18(3)12-5-4-10(8-11(12)17)13(14,15)16/h4-5,8-9H,6-7,17H2,1-3H3. The van der Waals surface area contributed by atoms with Crippen molar-refractivity contribution >= 4 is 11.4 Å². The van der Waals surface area contributed by atoms with E-state index >= 15 is 0 Å². The second kappa shape index (κ2) is 6.14. The summed E-state index contributed by atoms with van der Waals surface area (Å²) in [5.74, 6) is 0. The van der Waals surface area contributed by atoms with Crippen LogP contribution in [0.1, 0.15) is 19.4 Å². The number of nitrogen functional groups attached to an aromatic ring is 1. The van der Waals surface area contributed by atoms with Crippen LogP contribution in [0.25, 0.3) is 0 Å². The van der Waals surface area contributed by atoms with Crippen molar-refractivity contribution in [3.05, 3.63) is 23.8 Å². The third-order valence-electron chi connectivity index (χ3n) is 2.64. The van der Waals surface area contributed by atoms with E-state index in [9.17, 15) is 13.2 Å². The molecule has 3 nitrogen and oxygen atoms in total. The molecule has 0 fully saturated rings. The SMILES string of the molecule is CC(C)OCCN(C)c1ccc(C(F)(F)F)cc1N. The van der Waals surface area contributed by atoms with E-state index in [1.54, 1.807) is 11.9 Å². The van der Waals surface area contributed by atoms with Gasteiger partial charge < -0.3 is 15.4 Å². The molecule has 0 saturated carbocycles. The fourth-order valence-electron chi connectivity index (χ4n) is 1.62. The van der Waals surface area contributed by atoms with Crippen LogP contribution in [0.4, 0.5) is 24.5 Å². The van der Waals surface area contributed by atoms with Crippen LogP contribution in [0.5, 0.6) is 0 Å². The lowest BCUT2D eigenvalue weighted by Gasteiger charge is -2.22. The number of alkyl halides is 3. The first-order chi connectivity index (χ1) is 8.71. The molecule has 0 aliphatic heterocycles. The van der Waals surface area contributed by atoms with Gasteiger partial charge in [0.25, 0.3) is 0 Å². The van der Waals surface area contributed by atoms with E-state index in [-0.39, 0.29) is 11.8 Å². The quantitative estimate of drug-likeness (QED) is 0.840. The molecule has 0 amide bonds. The Balaban J connectivity index is 2.73. The molecule has 0 aliphatic rings. The number of likely N-dealkylation sites (N-methyl/N-ethyl adjacent to an activating group) is 1. The van der Waals surface area contributed by atoms with E-state index in [2.05, 4.69) is 0 Å². The number of benzene rings is 1. The summed E-state index contributed by atoms with van der Waals surface area (Å²) in [6.45, 7) is 4.90. The van der Waals surface area contributed by atoms with E-state index in [1.807, 2.05) is 13.8 Å². The number of anilines is 2. The summed E-state index contributed by atoms with van der Waals surface area (Å²) in [4.78, 5) is 1.78. The Morgan fingerprint density at radius 1 is 1.32 bits per heavy atom. The molecule has 19 heavy (non-hydrogen) atoms. The lowest BCUT2D eigenvalue weighted by molar-refractivity contribution is -0.137. The molecule has 0 radical (unpaired) electrons. The summed E-state index contributed by atoms with van der Waals surface area (Å²) in [6.07, 6.45) is -4.25. The fourth-order valence-corrected chi connectivity index (χ4v) is 1.62. The zero-order chi connectivity index (χ0) is 14.6. The molecule has 0 aromatic heterocycles. The summed E-state index contributed by atoms with van der Waals surface area (Å²) >= 11 is 0. The average Bonchev–Trinajstić information content (AvgIpc) is 2.26. The van der Waals surface area contributed by atoms with Gasteiger partial charge in [0.1, 0.15) is 0 Å². The van der Waals surface area contributed by atoms with Crippen molar-refractivity contribution in [3.63, 3.8) is 0 Å². The second-order valence-corrected chi connectivity index (χ2v) is 4.61. The van der Waals surface area contributed by atoms with E-state index in [0.717, 1.165) is 12.1 Å². The number of nitrogens with two attached hydrogens (primary N) is 1. The molecule has 2 N–H and O–H groups in total. The Bertz CT molecular complexity index is 419. The van der Waals surface area contributed by atoms with Crippen molar-refractivity contribution in [1.82, 2.24) is 0 Å². The summed E-state index contributed by atoms with van der Waals surface area (Å²) < 4.78 is 42.9. The predicted octanol–water partition coefficient (Wildman–Crippen LogP) is 3.15. The highest BCUT2D eigenvalue weighted by molar-refractivity contribution is 5.68. The second-order valence-electron chi connectivity index (χ2n) is 4.61. The topological polar surface area (TPSA) is 38.5 Å². The highest BCUT2D eigenvalue weighted by Crippen LogP contribution is 2.33. The monoisotopic (exact) mass is 276 g/mol. The first kappa shape index (κ1) is 15.6. The minimum absolute atomic E-state index is 0.113. The van der Waals surface area contributed by atoms with Gasteiger partial charge in [-0.1, -0.05) is 0 Å². The van der Waals surface area contributed by atoms with E-state index in [4.69, 9.17) is 10.5 Å². The highest BCUT2D eigenvalue weighted by atomic mass is 19.4. The average molecular weight is 276 g/mol. The first-order valence-corrected chi connectivity index (χ1v) is 6.01. The third kappa shape index (κ3) is 4.63. The number of ether oxygens (including phenoxy) is 1. The molecule has 1 aromatic carbocycles. The molecule has 0 aliphatic carbocycles. The van der Waals surface area contributed by atoms with Crippen LogP contribution in [-0.2, 0) is 10.9 Å². The van der Waals surface area contributed by atoms with Crippen LogP contribution in [-0.4, -0.2) is 26.3 Å². The Morgan fingerprint density at radius 3 is 2.42 bits per heavy atom. The van der Waals surface area contributed by atoms with E-state index in [1.165, 1.54) is 6.07 Å². The molecule has 0 spiro atoms. The maximum Gasteiger partial charge on any atom is 0.416 e. The van der Waals surface area contributed by atoms with Crippen LogP contribution in [0.2, 0.25) is 0 Å². The van der Waals surface area contributed by atoms with Gasteiger partial charge in [0.2, 0.25) is 0 Å². The van der Waals surface area contributed by atoms with Crippen LogP contribution in [0, 0.1) is 0 Å². The maximum absolute atomic E-state index is 12.5. The van der Waals surface area contributed by atoms with Gasteiger partial charge in [0, 0.05) is 13.6 Å². The van der Waals surface area contributed by atoms with Gasteiger partial charge in [0.05, 0.1) is 29.6 Å². The van der Waals surface area contributed by atoms with Gasteiger partial charge in [-0.3, -0.25) is 0 Å².